The fraction of sp³-hybridized carbons (Fsp3) is 0.818. The number of carbonyl (C=O) groups is 2. The number of likely N-dealkylation sites (N-methyl/N-ethyl adjacent to an activating group) is 1. The minimum Gasteiger partial charge on any atom is -0.464 e. The Morgan fingerprint density at radius 1 is 0.941 bits per heavy atom. The molecule has 6 nitrogen and oxygen atoms in total. The molecule has 6 heteroatoms. The lowest BCUT2D eigenvalue weighted by Crippen LogP contribution is -2.20. The van der Waals surface area contributed by atoms with Gasteiger partial charge in [0, 0.05) is 13.7 Å². The second-order valence-electron chi connectivity index (χ2n) is 3.74. The zero-order valence-electron chi connectivity index (χ0n) is 10.7. The topological polar surface area (TPSA) is 65.1 Å². The smallest absolute Gasteiger partial charge is 0.306 e. The molecule has 0 rings (SSSR count). The Morgan fingerprint density at radius 3 is 1.94 bits per heavy atom. The highest BCUT2D eigenvalue weighted by Crippen LogP contribution is 1.96. The molecule has 0 radical (unpaired) electrons. The number of hydrogen-bond acceptors (Lipinski definition) is 6. The molecular formula is C11H21NO5. The van der Waals surface area contributed by atoms with Crippen LogP contribution in [0.15, 0.2) is 0 Å². The number of hydrogen-bond donors (Lipinski definition) is 0. The van der Waals surface area contributed by atoms with Crippen molar-refractivity contribution >= 4 is 11.9 Å². The minimum absolute atomic E-state index is 0.0461. The van der Waals surface area contributed by atoms with E-state index in [4.69, 9.17) is 14.2 Å². The van der Waals surface area contributed by atoms with Gasteiger partial charge in [0.1, 0.15) is 13.2 Å². The van der Waals surface area contributed by atoms with Gasteiger partial charge in [0.25, 0.3) is 0 Å². The van der Waals surface area contributed by atoms with E-state index in [2.05, 4.69) is 0 Å². The Labute approximate surface area is 102 Å². The summed E-state index contributed by atoms with van der Waals surface area (Å²) in [6.45, 7) is 1.58. The average molecular weight is 247 g/mol. The van der Waals surface area contributed by atoms with Gasteiger partial charge in [0.05, 0.1) is 19.4 Å². The van der Waals surface area contributed by atoms with Crippen molar-refractivity contribution in [2.45, 2.75) is 12.8 Å². The van der Waals surface area contributed by atoms with Crippen molar-refractivity contribution in [1.29, 1.82) is 0 Å². The first-order valence-corrected chi connectivity index (χ1v) is 5.51. The SMILES string of the molecule is COCCOC(=O)CCC(=O)OCCN(C)C. The molecule has 0 unspecified atom stereocenters. The molecule has 0 N–H and O–H groups in total. The summed E-state index contributed by atoms with van der Waals surface area (Å²) in [6, 6.07) is 0. The van der Waals surface area contributed by atoms with Crippen molar-refractivity contribution in [2.24, 2.45) is 0 Å². The lowest BCUT2D eigenvalue weighted by atomic mass is 10.3. The van der Waals surface area contributed by atoms with Crippen LogP contribution in [-0.4, -0.2) is 64.4 Å². The van der Waals surface area contributed by atoms with E-state index < -0.39 is 5.97 Å². The molecule has 0 aromatic heterocycles. The van der Waals surface area contributed by atoms with E-state index >= 15 is 0 Å². The highest BCUT2D eigenvalue weighted by Gasteiger charge is 2.08. The number of methoxy groups -OCH3 is 1. The van der Waals surface area contributed by atoms with Crippen LogP contribution < -0.4 is 0 Å². The zero-order chi connectivity index (χ0) is 13.1. The summed E-state index contributed by atoms with van der Waals surface area (Å²) in [4.78, 5) is 24.2. The first-order chi connectivity index (χ1) is 8.06. The van der Waals surface area contributed by atoms with Gasteiger partial charge in [-0.15, -0.1) is 0 Å². The predicted molar refractivity (Wildman–Crippen MR) is 61.6 cm³/mol. The Morgan fingerprint density at radius 2 is 1.47 bits per heavy atom. The summed E-state index contributed by atoms with van der Waals surface area (Å²) in [5.74, 6) is -0.790. The van der Waals surface area contributed by atoms with Gasteiger partial charge in [0.15, 0.2) is 0 Å². The van der Waals surface area contributed by atoms with Crippen molar-refractivity contribution in [2.75, 3.05) is 47.6 Å². The molecule has 0 heterocycles. The quantitative estimate of drug-likeness (QED) is 0.424. The summed E-state index contributed by atoms with van der Waals surface area (Å²) in [5.41, 5.74) is 0. The number of nitrogens with zero attached hydrogens (tertiary/aromatic N) is 1. The van der Waals surface area contributed by atoms with Crippen LogP contribution >= 0.6 is 0 Å². The largest absolute Gasteiger partial charge is 0.464 e. The maximum atomic E-state index is 11.2. The summed E-state index contributed by atoms with van der Waals surface area (Å²) in [7, 11) is 5.30. The van der Waals surface area contributed by atoms with Gasteiger partial charge >= 0.3 is 11.9 Å². The second kappa shape index (κ2) is 10.0. The van der Waals surface area contributed by atoms with Crippen molar-refractivity contribution < 1.29 is 23.8 Å². The molecule has 0 spiro atoms. The minimum atomic E-state index is -0.411. The van der Waals surface area contributed by atoms with Crippen LogP contribution in [0, 0.1) is 0 Å². The molecule has 0 saturated carbocycles. The third-order valence-corrected chi connectivity index (χ3v) is 1.89. The normalized spacial score (nSPS) is 10.4. The molecule has 0 aromatic rings. The van der Waals surface area contributed by atoms with Gasteiger partial charge in [-0.3, -0.25) is 9.59 Å². The third kappa shape index (κ3) is 11.1. The molecule has 0 saturated heterocycles. The number of rotatable bonds is 9. The van der Waals surface area contributed by atoms with Crippen molar-refractivity contribution in [1.82, 2.24) is 4.90 Å². The van der Waals surface area contributed by atoms with Crippen molar-refractivity contribution in [3.63, 3.8) is 0 Å². The Bertz CT molecular complexity index is 230. The van der Waals surface area contributed by atoms with Crippen molar-refractivity contribution in [3.8, 4) is 0 Å². The van der Waals surface area contributed by atoms with Gasteiger partial charge in [-0.2, -0.15) is 0 Å². The molecular weight excluding hydrogens is 226 g/mol. The Balaban J connectivity index is 3.45. The molecule has 0 fully saturated rings. The first-order valence-electron chi connectivity index (χ1n) is 5.51. The molecule has 0 atom stereocenters. The number of ether oxygens (including phenoxy) is 3. The Hall–Kier alpha value is -1.14. The van der Waals surface area contributed by atoms with Crippen LogP contribution in [0.1, 0.15) is 12.8 Å². The van der Waals surface area contributed by atoms with E-state index in [1.165, 1.54) is 7.11 Å². The predicted octanol–water partition coefficient (Wildman–Crippen LogP) is 0.0610. The van der Waals surface area contributed by atoms with E-state index in [-0.39, 0.29) is 25.4 Å². The maximum absolute atomic E-state index is 11.2. The first kappa shape index (κ1) is 15.9. The number of esters is 2. The van der Waals surface area contributed by atoms with Gasteiger partial charge in [-0.25, -0.2) is 0 Å². The van der Waals surface area contributed by atoms with Gasteiger partial charge in [0.2, 0.25) is 0 Å². The summed E-state index contributed by atoms with van der Waals surface area (Å²) in [6.07, 6.45) is 0.101. The third-order valence-electron chi connectivity index (χ3n) is 1.89. The second-order valence-corrected chi connectivity index (χ2v) is 3.74. The molecule has 0 bridgehead atoms. The van der Waals surface area contributed by atoms with Gasteiger partial charge in [-0.05, 0) is 14.1 Å². The van der Waals surface area contributed by atoms with Crippen LogP contribution in [0.25, 0.3) is 0 Å². The molecule has 0 aliphatic rings. The fourth-order valence-electron chi connectivity index (χ4n) is 0.929. The fourth-order valence-corrected chi connectivity index (χ4v) is 0.929. The van der Waals surface area contributed by atoms with E-state index in [1.54, 1.807) is 0 Å². The standard InChI is InChI=1S/C11H21NO5/c1-12(2)6-7-16-10(13)4-5-11(14)17-9-8-15-3/h4-9H2,1-3H3. The molecule has 0 aliphatic heterocycles. The summed E-state index contributed by atoms with van der Waals surface area (Å²) >= 11 is 0. The van der Waals surface area contributed by atoms with Gasteiger partial charge in [-0.1, -0.05) is 0 Å². The molecule has 0 aliphatic carbocycles. The van der Waals surface area contributed by atoms with Crippen LogP contribution in [0.3, 0.4) is 0 Å². The highest BCUT2D eigenvalue weighted by atomic mass is 16.6. The number of carbonyl (C=O) groups excluding carboxylic acids is 2. The summed E-state index contributed by atoms with van der Waals surface area (Å²) in [5, 5.41) is 0. The molecule has 17 heavy (non-hydrogen) atoms. The lowest BCUT2D eigenvalue weighted by molar-refractivity contribution is -0.151. The molecule has 100 valence electrons. The molecule has 0 amide bonds. The lowest BCUT2D eigenvalue weighted by Gasteiger charge is -2.09. The van der Waals surface area contributed by atoms with E-state index in [1.807, 2.05) is 19.0 Å². The zero-order valence-corrected chi connectivity index (χ0v) is 10.7. The monoisotopic (exact) mass is 247 g/mol. The summed E-state index contributed by atoms with van der Waals surface area (Å²) < 4.78 is 14.4. The van der Waals surface area contributed by atoms with Crippen LogP contribution in [0.4, 0.5) is 0 Å². The van der Waals surface area contributed by atoms with E-state index in [0.717, 1.165) is 0 Å². The van der Waals surface area contributed by atoms with Gasteiger partial charge < -0.3 is 19.1 Å². The van der Waals surface area contributed by atoms with E-state index in [0.29, 0.717) is 19.8 Å². The van der Waals surface area contributed by atoms with Crippen LogP contribution in [0.2, 0.25) is 0 Å². The Kier molecular flexibility index (Phi) is 9.37. The highest BCUT2D eigenvalue weighted by molar-refractivity contribution is 5.77. The van der Waals surface area contributed by atoms with Crippen LogP contribution in [-0.2, 0) is 23.8 Å². The van der Waals surface area contributed by atoms with Crippen LogP contribution in [0.5, 0.6) is 0 Å². The molecule has 0 aromatic carbocycles. The maximum Gasteiger partial charge on any atom is 0.306 e. The van der Waals surface area contributed by atoms with E-state index in [9.17, 15) is 9.59 Å². The van der Waals surface area contributed by atoms with Crippen molar-refractivity contribution in [3.05, 3.63) is 0 Å². The average Bonchev–Trinajstić information content (AvgIpc) is 2.26.